The van der Waals surface area contributed by atoms with Gasteiger partial charge in [-0.3, -0.25) is 4.79 Å². The van der Waals surface area contributed by atoms with Crippen LogP contribution in [-0.2, 0) is 0 Å². The van der Waals surface area contributed by atoms with Gasteiger partial charge in [0.2, 0.25) is 0 Å². The Morgan fingerprint density at radius 1 is 0.964 bits per heavy atom. The second-order valence-electron chi connectivity index (χ2n) is 6.40. The molecule has 138 valence electrons. The number of anilines is 2. The van der Waals surface area contributed by atoms with Crippen molar-refractivity contribution in [1.82, 2.24) is 19.7 Å². The molecule has 0 aliphatic carbocycles. The van der Waals surface area contributed by atoms with Crippen LogP contribution in [0.1, 0.15) is 23.0 Å². The summed E-state index contributed by atoms with van der Waals surface area (Å²) in [5.74, 6) is 1.80. The number of hydrogen-bond acceptors (Lipinski definition) is 5. The first-order valence-corrected chi connectivity index (χ1v) is 8.94. The van der Waals surface area contributed by atoms with Gasteiger partial charge in [0.05, 0.1) is 17.5 Å². The van der Waals surface area contributed by atoms with Gasteiger partial charge in [-0.25, -0.2) is 14.6 Å². The Balaban J connectivity index is 1.83. The number of Topliss-reactive ketones (excluding diaryl/α,β-unsaturated/α-hetero) is 1. The average Bonchev–Trinajstić information content (AvgIpc) is 3.11. The molecule has 4 aromatic rings. The molecule has 0 amide bonds. The van der Waals surface area contributed by atoms with Crippen LogP contribution in [0.2, 0.25) is 0 Å². The standard InChI is InChI=1S/C22H19N5O/c1-15-19(16(2)28)14-23-27(15)21-13-20(24-18-11-7-4-8-12-18)25-22(26-21)17-9-5-3-6-10-17/h3-14H,1-2H3,(H,24,25,26). The van der Waals surface area contributed by atoms with Gasteiger partial charge in [-0.2, -0.15) is 5.10 Å². The molecule has 2 aromatic heterocycles. The summed E-state index contributed by atoms with van der Waals surface area (Å²) in [4.78, 5) is 21.2. The maximum atomic E-state index is 11.8. The molecule has 2 aromatic carbocycles. The summed E-state index contributed by atoms with van der Waals surface area (Å²) in [5.41, 5.74) is 3.15. The molecule has 0 unspecified atom stereocenters. The quantitative estimate of drug-likeness (QED) is 0.521. The van der Waals surface area contributed by atoms with Gasteiger partial charge >= 0.3 is 0 Å². The lowest BCUT2D eigenvalue weighted by atomic mass is 10.2. The maximum Gasteiger partial charge on any atom is 0.163 e. The minimum Gasteiger partial charge on any atom is -0.340 e. The van der Waals surface area contributed by atoms with Gasteiger partial charge in [0.1, 0.15) is 5.82 Å². The number of hydrogen-bond donors (Lipinski definition) is 1. The number of nitrogens with one attached hydrogen (secondary N) is 1. The van der Waals surface area contributed by atoms with Gasteiger partial charge in [-0.05, 0) is 26.0 Å². The molecule has 28 heavy (non-hydrogen) atoms. The molecule has 4 rings (SSSR count). The summed E-state index contributed by atoms with van der Waals surface area (Å²) in [6.07, 6.45) is 1.58. The van der Waals surface area contributed by atoms with Crippen molar-refractivity contribution >= 4 is 17.3 Å². The fourth-order valence-corrected chi connectivity index (χ4v) is 2.98. The molecule has 0 radical (unpaired) electrons. The SMILES string of the molecule is CC(=O)c1cnn(-c2cc(Nc3ccccc3)nc(-c3ccccc3)n2)c1C. The Bertz CT molecular complexity index is 1120. The predicted octanol–water partition coefficient (Wildman–Crippen LogP) is 4.58. The second kappa shape index (κ2) is 7.44. The molecule has 1 N–H and O–H groups in total. The van der Waals surface area contributed by atoms with E-state index in [1.54, 1.807) is 10.9 Å². The minimum atomic E-state index is -0.0243. The van der Waals surface area contributed by atoms with Crippen LogP contribution in [-0.4, -0.2) is 25.5 Å². The third-order valence-corrected chi connectivity index (χ3v) is 4.40. The normalized spacial score (nSPS) is 10.6. The van der Waals surface area contributed by atoms with Crippen LogP contribution in [0.4, 0.5) is 11.5 Å². The predicted molar refractivity (Wildman–Crippen MR) is 109 cm³/mol. The smallest absolute Gasteiger partial charge is 0.163 e. The summed E-state index contributed by atoms with van der Waals surface area (Å²) in [6.45, 7) is 3.39. The number of nitrogens with zero attached hydrogens (tertiary/aromatic N) is 4. The number of carbonyl (C=O) groups is 1. The van der Waals surface area contributed by atoms with E-state index in [1.165, 1.54) is 6.92 Å². The molecule has 2 heterocycles. The summed E-state index contributed by atoms with van der Waals surface area (Å²) in [5, 5.41) is 7.68. The Morgan fingerprint density at radius 3 is 2.29 bits per heavy atom. The van der Waals surface area contributed by atoms with Crippen molar-refractivity contribution in [1.29, 1.82) is 0 Å². The van der Waals surface area contributed by atoms with E-state index in [0.717, 1.165) is 16.9 Å². The van der Waals surface area contributed by atoms with Crippen LogP contribution in [0.3, 0.4) is 0 Å². The Morgan fingerprint density at radius 2 is 1.64 bits per heavy atom. The first kappa shape index (κ1) is 17.6. The second-order valence-corrected chi connectivity index (χ2v) is 6.40. The lowest BCUT2D eigenvalue weighted by Gasteiger charge is -2.11. The van der Waals surface area contributed by atoms with Crippen LogP contribution in [0.5, 0.6) is 0 Å². The minimum absolute atomic E-state index is 0.0243. The highest BCUT2D eigenvalue weighted by Gasteiger charge is 2.15. The molecule has 0 bridgehead atoms. The molecule has 0 fully saturated rings. The van der Waals surface area contributed by atoms with Crippen molar-refractivity contribution in [3.05, 3.63) is 84.2 Å². The van der Waals surface area contributed by atoms with Crippen LogP contribution in [0, 0.1) is 6.92 Å². The van der Waals surface area contributed by atoms with E-state index < -0.39 is 0 Å². The van der Waals surface area contributed by atoms with E-state index in [1.807, 2.05) is 73.7 Å². The highest BCUT2D eigenvalue weighted by atomic mass is 16.1. The van der Waals surface area contributed by atoms with Crippen LogP contribution in [0.15, 0.2) is 72.9 Å². The Labute approximate surface area is 162 Å². The largest absolute Gasteiger partial charge is 0.340 e. The third kappa shape index (κ3) is 3.53. The van der Waals surface area contributed by atoms with Crippen molar-refractivity contribution in [2.75, 3.05) is 5.32 Å². The molecule has 0 aliphatic rings. The molecule has 6 heteroatoms. The molecule has 0 atom stereocenters. The van der Waals surface area contributed by atoms with E-state index in [2.05, 4.69) is 20.4 Å². The molecule has 0 saturated carbocycles. The molecular formula is C22H19N5O. The topological polar surface area (TPSA) is 72.7 Å². The lowest BCUT2D eigenvalue weighted by molar-refractivity contribution is 0.101. The lowest BCUT2D eigenvalue weighted by Crippen LogP contribution is -2.07. The van der Waals surface area contributed by atoms with Gasteiger partial charge in [-0.15, -0.1) is 0 Å². The third-order valence-electron chi connectivity index (χ3n) is 4.40. The number of para-hydroxylation sites is 1. The zero-order valence-electron chi connectivity index (χ0n) is 15.6. The first-order chi connectivity index (χ1) is 13.6. The molecular weight excluding hydrogens is 350 g/mol. The van der Waals surface area contributed by atoms with Gasteiger partial charge in [0.15, 0.2) is 17.4 Å². The molecule has 6 nitrogen and oxygen atoms in total. The number of ketones is 1. The fraction of sp³-hybridized carbons (Fsp3) is 0.0909. The molecule has 0 aliphatic heterocycles. The zero-order valence-corrected chi connectivity index (χ0v) is 15.6. The van der Waals surface area contributed by atoms with Crippen molar-refractivity contribution in [3.8, 4) is 17.2 Å². The summed E-state index contributed by atoms with van der Waals surface area (Å²) in [6, 6.07) is 21.4. The fourth-order valence-electron chi connectivity index (χ4n) is 2.98. The van der Waals surface area contributed by atoms with Gasteiger partial charge in [0.25, 0.3) is 0 Å². The van der Waals surface area contributed by atoms with E-state index in [0.29, 0.717) is 23.0 Å². The zero-order chi connectivity index (χ0) is 19.5. The highest BCUT2D eigenvalue weighted by molar-refractivity contribution is 5.95. The maximum absolute atomic E-state index is 11.8. The van der Waals surface area contributed by atoms with Gasteiger partial charge in [0, 0.05) is 17.3 Å². The van der Waals surface area contributed by atoms with E-state index >= 15 is 0 Å². The van der Waals surface area contributed by atoms with Crippen molar-refractivity contribution in [3.63, 3.8) is 0 Å². The molecule has 0 saturated heterocycles. The van der Waals surface area contributed by atoms with Crippen molar-refractivity contribution in [2.24, 2.45) is 0 Å². The van der Waals surface area contributed by atoms with E-state index in [4.69, 9.17) is 0 Å². The molecule has 0 spiro atoms. The summed E-state index contributed by atoms with van der Waals surface area (Å²) >= 11 is 0. The van der Waals surface area contributed by atoms with Crippen LogP contribution < -0.4 is 5.32 Å². The van der Waals surface area contributed by atoms with Crippen molar-refractivity contribution < 1.29 is 4.79 Å². The number of aromatic nitrogens is 4. The number of rotatable bonds is 5. The van der Waals surface area contributed by atoms with Crippen LogP contribution in [0.25, 0.3) is 17.2 Å². The summed E-state index contributed by atoms with van der Waals surface area (Å²) in [7, 11) is 0. The average molecular weight is 369 g/mol. The Kier molecular flexibility index (Phi) is 4.68. The van der Waals surface area contributed by atoms with Crippen LogP contribution >= 0.6 is 0 Å². The van der Waals surface area contributed by atoms with Crippen molar-refractivity contribution in [2.45, 2.75) is 13.8 Å². The van der Waals surface area contributed by atoms with E-state index in [9.17, 15) is 4.79 Å². The van der Waals surface area contributed by atoms with Gasteiger partial charge < -0.3 is 5.32 Å². The highest BCUT2D eigenvalue weighted by Crippen LogP contribution is 2.23. The summed E-state index contributed by atoms with van der Waals surface area (Å²) < 4.78 is 1.67. The van der Waals surface area contributed by atoms with Gasteiger partial charge in [-0.1, -0.05) is 48.5 Å². The number of carbonyl (C=O) groups excluding carboxylic acids is 1. The Hall–Kier alpha value is -3.80. The monoisotopic (exact) mass is 369 g/mol. The number of benzene rings is 2. The first-order valence-electron chi connectivity index (χ1n) is 8.94. The van der Waals surface area contributed by atoms with E-state index in [-0.39, 0.29) is 5.78 Å².